The molecule has 0 aromatic carbocycles. The summed E-state index contributed by atoms with van der Waals surface area (Å²) in [5.41, 5.74) is 0.0244. The fraction of sp³-hybridized carbons (Fsp3) is 0.842. The van der Waals surface area contributed by atoms with Crippen LogP contribution in [0.3, 0.4) is 0 Å². The van der Waals surface area contributed by atoms with Crippen molar-refractivity contribution in [1.29, 1.82) is 0 Å². The van der Waals surface area contributed by atoms with Gasteiger partial charge >= 0.3 is 5.69 Å². The molecule has 0 saturated carbocycles. The third-order valence-corrected chi connectivity index (χ3v) is 5.03. The van der Waals surface area contributed by atoms with Crippen LogP contribution in [-0.4, -0.2) is 65.9 Å². The monoisotopic (exact) mass is 394 g/mol. The molecule has 9 nitrogen and oxygen atoms in total. The summed E-state index contributed by atoms with van der Waals surface area (Å²) in [6, 6.07) is 0. The van der Waals surface area contributed by atoms with Gasteiger partial charge in [-0.25, -0.2) is 9.48 Å². The van der Waals surface area contributed by atoms with Gasteiger partial charge in [0.15, 0.2) is 5.96 Å². The molecule has 1 fully saturated rings. The van der Waals surface area contributed by atoms with Crippen LogP contribution in [0.25, 0.3) is 0 Å². The average molecular weight is 395 g/mol. The molecule has 1 atom stereocenters. The summed E-state index contributed by atoms with van der Waals surface area (Å²) in [5, 5.41) is 11.1. The molecule has 1 unspecified atom stereocenters. The van der Waals surface area contributed by atoms with Crippen molar-refractivity contribution in [3.8, 4) is 0 Å². The highest BCUT2D eigenvalue weighted by molar-refractivity contribution is 5.79. The van der Waals surface area contributed by atoms with Crippen LogP contribution >= 0.6 is 0 Å². The molecule has 3 rings (SSSR count). The minimum absolute atomic E-state index is 0.0244. The van der Waals surface area contributed by atoms with Crippen molar-refractivity contribution in [3.05, 3.63) is 16.3 Å². The Bertz CT molecular complexity index is 678. The lowest BCUT2D eigenvalue weighted by atomic mass is 10.2. The quantitative estimate of drug-likeness (QED) is 0.341. The summed E-state index contributed by atoms with van der Waals surface area (Å²) in [6.45, 7) is 8.01. The predicted octanol–water partition coefficient (Wildman–Crippen LogP) is 0.522. The van der Waals surface area contributed by atoms with Crippen molar-refractivity contribution >= 4 is 5.96 Å². The molecule has 2 aliphatic rings. The van der Waals surface area contributed by atoms with Gasteiger partial charge in [-0.3, -0.25) is 9.56 Å². The van der Waals surface area contributed by atoms with Gasteiger partial charge in [-0.1, -0.05) is 0 Å². The number of hydrogen-bond acceptors (Lipinski definition) is 5. The third kappa shape index (κ3) is 6.07. The van der Waals surface area contributed by atoms with E-state index < -0.39 is 0 Å². The zero-order chi connectivity index (χ0) is 19.6. The molecule has 0 bridgehead atoms. The van der Waals surface area contributed by atoms with Gasteiger partial charge in [-0.05, 0) is 39.0 Å². The maximum Gasteiger partial charge on any atom is 0.345 e. The topological polar surface area (TPSA) is 94.7 Å². The zero-order valence-electron chi connectivity index (χ0n) is 17.0. The van der Waals surface area contributed by atoms with Gasteiger partial charge < -0.3 is 20.1 Å². The maximum absolute atomic E-state index is 12.3. The molecule has 28 heavy (non-hydrogen) atoms. The van der Waals surface area contributed by atoms with Crippen molar-refractivity contribution in [3.63, 3.8) is 0 Å². The molecule has 1 saturated heterocycles. The van der Waals surface area contributed by atoms with Gasteiger partial charge in [-0.15, -0.1) is 0 Å². The fourth-order valence-corrected chi connectivity index (χ4v) is 3.52. The van der Waals surface area contributed by atoms with Gasteiger partial charge in [0.2, 0.25) is 0 Å². The number of guanidine groups is 1. The normalized spacial score (nSPS) is 19.6. The van der Waals surface area contributed by atoms with Crippen molar-refractivity contribution in [2.24, 2.45) is 4.99 Å². The molecule has 2 aliphatic heterocycles. The Kier molecular flexibility index (Phi) is 8.35. The first kappa shape index (κ1) is 20.9. The number of ether oxygens (including phenoxy) is 2. The summed E-state index contributed by atoms with van der Waals surface area (Å²) in [4.78, 5) is 16.9. The highest BCUT2D eigenvalue weighted by atomic mass is 16.5. The van der Waals surface area contributed by atoms with Gasteiger partial charge in [0.1, 0.15) is 5.82 Å². The van der Waals surface area contributed by atoms with E-state index in [2.05, 4.69) is 27.6 Å². The van der Waals surface area contributed by atoms with Crippen LogP contribution < -0.4 is 16.3 Å². The van der Waals surface area contributed by atoms with Crippen LogP contribution in [0.4, 0.5) is 0 Å². The number of hydrogen-bond donors (Lipinski definition) is 2. The van der Waals surface area contributed by atoms with Crippen molar-refractivity contribution in [2.45, 2.75) is 64.6 Å². The van der Waals surface area contributed by atoms with Crippen molar-refractivity contribution in [1.82, 2.24) is 25.0 Å². The van der Waals surface area contributed by atoms with Gasteiger partial charge in [0.25, 0.3) is 0 Å². The number of aromatic nitrogens is 3. The number of rotatable bonds is 10. The van der Waals surface area contributed by atoms with Crippen LogP contribution in [0.1, 0.15) is 44.9 Å². The molecule has 0 radical (unpaired) electrons. The molecule has 9 heteroatoms. The van der Waals surface area contributed by atoms with Crippen LogP contribution in [0.5, 0.6) is 0 Å². The van der Waals surface area contributed by atoms with E-state index in [0.29, 0.717) is 13.1 Å². The molecule has 3 heterocycles. The minimum atomic E-state index is 0.0244. The van der Waals surface area contributed by atoms with E-state index in [1.807, 2.05) is 4.57 Å². The van der Waals surface area contributed by atoms with Crippen LogP contribution in [0.15, 0.2) is 9.79 Å². The second-order valence-electron chi connectivity index (χ2n) is 7.28. The smallest absolute Gasteiger partial charge is 0.345 e. The summed E-state index contributed by atoms with van der Waals surface area (Å²) < 4.78 is 14.5. The Hall–Kier alpha value is -1.87. The maximum atomic E-state index is 12.3. The second-order valence-corrected chi connectivity index (χ2v) is 7.28. The number of nitrogens with one attached hydrogen (secondary N) is 2. The highest BCUT2D eigenvalue weighted by Crippen LogP contribution is 2.09. The molecular weight excluding hydrogens is 360 g/mol. The predicted molar refractivity (Wildman–Crippen MR) is 108 cm³/mol. The lowest BCUT2D eigenvalue weighted by molar-refractivity contribution is 0.0420. The summed E-state index contributed by atoms with van der Waals surface area (Å²) in [7, 11) is 0. The van der Waals surface area contributed by atoms with E-state index in [9.17, 15) is 4.79 Å². The minimum Gasteiger partial charge on any atom is -0.379 e. The first-order valence-electron chi connectivity index (χ1n) is 10.7. The molecular formula is C19H34N6O3. The van der Waals surface area contributed by atoms with Crippen molar-refractivity contribution in [2.75, 3.05) is 39.5 Å². The van der Waals surface area contributed by atoms with Crippen LogP contribution in [0.2, 0.25) is 0 Å². The molecule has 158 valence electrons. The lowest BCUT2D eigenvalue weighted by Gasteiger charge is -2.12. The Morgan fingerprint density at radius 2 is 2.29 bits per heavy atom. The Morgan fingerprint density at radius 3 is 3.07 bits per heavy atom. The second kappa shape index (κ2) is 11.2. The fourth-order valence-electron chi connectivity index (χ4n) is 3.52. The van der Waals surface area contributed by atoms with E-state index in [-0.39, 0.29) is 11.8 Å². The van der Waals surface area contributed by atoms with E-state index in [4.69, 9.17) is 9.47 Å². The van der Waals surface area contributed by atoms with Gasteiger partial charge in [0, 0.05) is 52.4 Å². The summed E-state index contributed by atoms with van der Waals surface area (Å²) in [6.07, 6.45) is 6.08. The molecule has 2 N–H and O–H groups in total. The number of aryl methyl sites for hydroxylation is 2. The first-order chi connectivity index (χ1) is 13.8. The van der Waals surface area contributed by atoms with E-state index >= 15 is 0 Å². The van der Waals surface area contributed by atoms with Gasteiger partial charge in [-0.2, -0.15) is 5.10 Å². The van der Waals surface area contributed by atoms with E-state index in [0.717, 1.165) is 89.8 Å². The Balaban J connectivity index is 1.35. The standard InChI is InChI=1S/C19H34N6O3/c1-2-20-18(22-10-6-13-28-16-8-14-27-15-16)21-9-5-12-25-19(26)24-11-4-3-7-17(24)23-25/h16H,2-15H2,1H3,(H2,20,21,22). The van der Waals surface area contributed by atoms with Crippen LogP contribution in [0, 0.1) is 0 Å². The van der Waals surface area contributed by atoms with E-state index in [1.165, 1.54) is 0 Å². The van der Waals surface area contributed by atoms with Crippen molar-refractivity contribution < 1.29 is 9.47 Å². The summed E-state index contributed by atoms with van der Waals surface area (Å²) in [5.74, 6) is 1.74. The SMILES string of the molecule is CCNC(=NCCCn1nc2n(c1=O)CCCC2)NCCCOC1CCOC1. The largest absolute Gasteiger partial charge is 0.379 e. The molecule has 0 amide bonds. The highest BCUT2D eigenvalue weighted by Gasteiger charge is 2.16. The van der Waals surface area contributed by atoms with Gasteiger partial charge in [0.05, 0.1) is 12.7 Å². The first-order valence-corrected chi connectivity index (χ1v) is 10.7. The molecule has 0 aliphatic carbocycles. The molecule has 1 aromatic heterocycles. The molecule has 0 spiro atoms. The molecule has 1 aromatic rings. The number of nitrogens with zero attached hydrogens (tertiary/aromatic N) is 4. The Morgan fingerprint density at radius 1 is 1.36 bits per heavy atom. The Labute approximate surface area is 166 Å². The third-order valence-electron chi connectivity index (χ3n) is 5.03. The number of aliphatic imine (C=N–C) groups is 1. The van der Waals surface area contributed by atoms with E-state index in [1.54, 1.807) is 4.68 Å². The van der Waals surface area contributed by atoms with Crippen LogP contribution in [-0.2, 0) is 29.0 Å². The zero-order valence-corrected chi connectivity index (χ0v) is 17.0. The number of fused-ring (bicyclic) bond motifs is 1. The average Bonchev–Trinajstić information content (AvgIpc) is 3.33. The lowest BCUT2D eigenvalue weighted by Crippen LogP contribution is -2.38. The summed E-state index contributed by atoms with van der Waals surface area (Å²) >= 11 is 0.